The molecular formula is C12H21NO2. The molecule has 3 rings (SSSR count). The van der Waals surface area contributed by atoms with Gasteiger partial charge in [0.1, 0.15) is 0 Å². The molecule has 0 heterocycles. The van der Waals surface area contributed by atoms with Crippen molar-refractivity contribution in [3.63, 3.8) is 0 Å². The van der Waals surface area contributed by atoms with E-state index in [0.717, 1.165) is 6.42 Å². The van der Waals surface area contributed by atoms with E-state index in [1.54, 1.807) is 0 Å². The van der Waals surface area contributed by atoms with E-state index in [2.05, 4.69) is 13.8 Å². The molecule has 0 aromatic heterocycles. The van der Waals surface area contributed by atoms with Crippen LogP contribution >= 0.6 is 0 Å². The summed E-state index contributed by atoms with van der Waals surface area (Å²) in [7, 11) is 0. The zero-order valence-corrected chi connectivity index (χ0v) is 9.82. The summed E-state index contributed by atoms with van der Waals surface area (Å²) in [6.45, 7) is 6.85. The Labute approximate surface area is 91.4 Å². The highest BCUT2D eigenvalue weighted by Gasteiger charge is 2.58. The summed E-state index contributed by atoms with van der Waals surface area (Å²) in [5.41, 5.74) is 6.50. The van der Waals surface area contributed by atoms with Crippen LogP contribution in [-0.2, 0) is 9.53 Å². The summed E-state index contributed by atoms with van der Waals surface area (Å²) in [6, 6.07) is 0.00375. The number of rotatable bonds is 2. The number of hydrogen-bond acceptors (Lipinski definition) is 3. The third kappa shape index (κ3) is 1.48. The van der Waals surface area contributed by atoms with E-state index in [4.69, 9.17) is 10.5 Å². The van der Waals surface area contributed by atoms with Crippen molar-refractivity contribution in [3.8, 4) is 0 Å². The van der Waals surface area contributed by atoms with Gasteiger partial charge in [-0.05, 0) is 37.0 Å². The number of esters is 1. The molecule has 3 nitrogen and oxygen atoms in total. The second-order valence-electron chi connectivity index (χ2n) is 5.53. The molecule has 3 saturated carbocycles. The molecule has 0 saturated heterocycles. The van der Waals surface area contributed by atoms with E-state index in [1.807, 2.05) is 6.92 Å². The molecular weight excluding hydrogens is 190 g/mol. The van der Waals surface area contributed by atoms with E-state index >= 15 is 0 Å². The minimum Gasteiger partial charge on any atom is -0.466 e. The molecule has 0 aromatic carbocycles. The van der Waals surface area contributed by atoms with E-state index in [-0.39, 0.29) is 17.9 Å². The number of fused-ring (bicyclic) bond motifs is 2. The fourth-order valence-corrected chi connectivity index (χ4v) is 3.36. The van der Waals surface area contributed by atoms with Gasteiger partial charge < -0.3 is 10.5 Å². The van der Waals surface area contributed by atoms with Crippen molar-refractivity contribution in [2.24, 2.45) is 28.9 Å². The fourth-order valence-electron chi connectivity index (χ4n) is 3.36. The van der Waals surface area contributed by atoms with Crippen LogP contribution < -0.4 is 5.73 Å². The van der Waals surface area contributed by atoms with Crippen LogP contribution in [0.4, 0.5) is 0 Å². The monoisotopic (exact) mass is 211 g/mol. The van der Waals surface area contributed by atoms with Crippen molar-refractivity contribution < 1.29 is 9.53 Å². The lowest BCUT2D eigenvalue weighted by Crippen LogP contribution is -2.62. The second-order valence-corrected chi connectivity index (χ2v) is 5.53. The Bertz CT molecular complexity index is 275. The number of carbonyl (C=O) groups excluding carboxylic acids is 1. The normalized spacial score (nSPS) is 41.9. The van der Waals surface area contributed by atoms with Crippen LogP contribution in [-0.4, -0.2) is 18.6 Å². The largest absolute Gasteiger partial charge is 0.466 e. The molecule has 0 amide bonds. The summed E-state index contributed by atoms with van der Waals surface area (Å²) in [6.07, 6.45) is 2.12. The topological polar surface area (TPSA) is 52.3 Å². The lowest BCUT2D eigenvalue weighted by atomic mass is 9.45. The van der Waals surface area contributed by atoms with Crippen LogP contribution in [0.3, 0.4) is 0 Å². The van der Waals surface area contributed by atoms with Crippen LogP contribution in [0.5, 0.6) is 0 Å². The van der Waals surface area contributed by atoms with E-state index in [0.29, 0.717) is 23.9 Å². The van der Waals surface area contributed by atoms with E-state index in [9.17, 15) is 4.79 Å². The lowest BCUT2D eigenvalue weighted by molar-refractivity contribution is -0.164. The van der Waals surface area contributed by atoms with Gasteiger partial charge in [0.15, 0.2) is 0 Å². The Balaban J connectivity index is 2.05. The van der Waals surface area contributed by atoms with Crippen molar-refractivity contribution in [1.29, 1.82) is 0 Å². The Morgan fingerprint density at radius 1 is 1.47 bits per heavy atom. The third-order valence-electron chi connectivity index (χ3n) is 4.60. The lowest BCUT2D eigenvalue weighted by Gasteiger charge is -2.61. The summed E-state index contributed by atoms with van der Waals surface area (Å²) in [5.74, 6) is 1.03. The predicted octanol–water partition coefficient (Wildman–Crippen LogP) is 1.56. The molecule has 2 N–H and O–H groups in total. The highest BCUT2D eigenvalue weighted by Crippen LogP contribution is 2.60. The van der Waals surface area contributed by atoms with Gasteiger partial charge in [-0.15, -0.1) is 0 Å². The molecule has 0 radical (unpaired) electrons. The van der Waals surface area contributed by atoms with E-state index in [1.165, 1.54) is 6.42 Å². The highest BCUT2D eigenvalue weighted by molar-refractivity contribution is 5.73. The van der Waals surface area contributed by atoms with Crippen LogP contribution in [0.25, 0.3) is 0 Å². The van der Waals surface area contributed by atoms with Gasteiger partial charge in [-0.3, -0.25) is 4.79 Å². The van der Waals surface area contributed by atoms with Crippen LogP contribution in [0.15, 0.2) is 0 Å². The van der Waals surface area contributed by atoms with Gasteiger partial charge >= 0.3 is 5.97 Å². The zero-order valence-electron chi connectivity index (χ0n) is 9.82. The molecule has 15 heavy (non-hydrogen) atoms. The number of ether oxygens (including phenoxy) is 1. The second kappa shape index (κ2) is 3.48. The predicted molar refractivity (Wildman–Crippen MR) is 58.1 cm³/mol. The van der Waals surface area contributed by atoms with Gasteiger partial charge in [0, 0.05) is 6.04 Å². The van der Waals surface area contributed by atoms with Gasteiger partial charge in [-0.1, -0.05) is 13.8 Å². The SMILES string of the molecule is CCOC(=O)[C@@H]1C[C@H]2C[C@@H]([C@H]1N)C2(C)C. The molecule has 3 heteroatoms. The van der Waals surface area contributed by atoms with Gasteiger partial charge in [0.2, 0.25) is 0 Å². The first-order valence-corrected chi connectivity index (χ1v) is 5.90. The number of carbonyl (C=O) groups is 1. The molecule has 3 aliphatic rings. The minimum atomic E-state index is -0.0878. The fraction of sp³-hybridized carbons (Fsp3) is 0.917. The van der Waals surface area contributed by atoms with Gasteiger partial charge in [-0.25, -0.2) is 0 Å². The quantitative estimate of drug-likeness (QED) is 0.705. The summed E-state index contributed by atoms with van der Waals surface area (Å²) in [4.78, 5) is 11.7. The van der Waals surface area contributed by atoms with Crippen molar-refractivity contribution in [2.45, 2.75) is 39.7 Å². The van der Waals surface area contributed by atoms with Crippen molar-refractivity contribution in [2.75, 3.05) is 6.61 Å². The minimum absolute atomic E-state index is 0.00375. The maximum Gasteiger partial charge on any atom is 0.310 e. The maximum absolute atomic E-state index is 11.7. The average Bonchev–Trinajstić information content (AvgIpc) is 2.17. The molecule has 86 valence electrons. The van der Waals surface area contributed by atoms with Gasteiger partial charge in [0.05, 0.1) is 12.5 Å². The Kier molecular flexibility index (Phi) is 2.53. The Morgan fingerprint density at radius 3 is 2.60 bits per heavy atom. The Morgan fingerprint density at radius 2 is 2.13 bits per heavy atom. The maximum atomic E-state index is 11.7. The zero-order chi connectivity index (χ0) is 11.2. The standard InChI is InChI=1S/C12H21NO2/c1-4-15-11(14)8-5-7-6-9(10(8)13)12(7,2)3/h7-10H,4-6,13H2,1-3H3/t7-,8+,9-,10-/m0/s1. The summed E-state index contributed by atoms with van der Waals surface area (Å²) in [5, 5.41) is 0. The molecule has 4 atom stereocenters. The number of nitrogens with two attached hydrogens (primary N) is 1. The summed E-state index contributed by atoms with van der Waals surface area (Å²) < 4.78 is 5.07. The molecule has 0 aliphatic heterocycles. The molecule has 2 bridgehead atoms. The first-order valence-electron chi connectivity index (χ1n) is 5.90. The van der Waals surface area contributed by atoms with Gasteiger partial charge in [-0.2, -0.15) is 0 Å². The van der Waals surface area contributed by atoms with Crippen molar-refractivity contribution >= 4 is 5.97 Å². The smallest absolute Gasteiger partial charge is 0.310 e. The first-order chi connectivity index (χ1) is 6.98. The molecule has 0 unspecified atom stereocenters. The molecule has 3 aliphatic carbocycles. The van der Waals surface area contributed by atoms with E-state index < -0.39 is 0 Å². The van der Waals surface area contributed by atoms with Crippen LogP contribution in [0, 0.1) is 23.2 Å². The number of hydrogen-bond donors (Lipinski definition) is 1. The van der Waals surface area contributed by atoms with Crippen molar-refractivity contribution in [3.05, 3.63) is 0 Å². The van der Waals surface area contributed by atoms with Gasteiger partial charge in [0.25, 0.3) is 0 Å². The molecule has 3 fully saturated rings. The Hall–Kier alpha value is -0.570. The average molecular weight is 211 g/mol. The third-order valence-corrected chi connectivity index (χ3v) is 4.60. The molecule has 0 spiro atoms. The first kappa shape index (κ1) is 10.9. The molecule has 0 aromatic rings. The van der Waals surface area contributed by atoms with Crippen molar-refractivity contribution in [1.82, 2.24) is 0 Å². The summed E-state index contributed by atoms with van der Waals surface area (Å²) >= 11 is 0. The van der Waals surface area contributed by atoms with Crippen LogP contribution in [0.1, 0.15) is 33.6 Å². The highest BCUT2D eigenvalue weighted by atomic mass is 16.5. The van der Waals surface area contributed by atoms with Crippen LogP contribution in [0.2, 0.25) is 0 Å².